The second kappa shape index (κ2) is 12.1. The van der Waals surface area contributed by atoms with Crippen LogP contribution in [0.4, 0.5) is 0 Å². The summed E-state index contributed by atoms with van der Waals surface area (Å²) in [6.45, 7) is 4.42. The van der Waals surface area contributed by atoms with Crippen LogP contribution in [0.1, 0.15) is 77.5 Å². The van der Waals surface area contributed by atoms with Crippen LogP contribution >= 0.6 is 0 Å². The van der Waals surface area contributed by atoms with Crippen molar-refractivity contribution in [1.82, 2.24) is 9.55 Å². The lowest BCUT2D eigenvalue weighted by atomic mass is 9.98. The predicted octanol–water partition coefficient (Wildman–Crippen LogP) is 5.09. The number of hydrogen-bond acceptors (Lipinski definition) is 5. The molecule has 0 atom stereocenters. The third-order valence-corrected chi connectivity index (χ3v) is 5.71. The minimum absolute atomic E-state index is 0.0258. The van der Waals surface area contributed by atoms with E-state index in [-0.39, 0.29) is 17.4 Å². The Bertz CT molecular complexity index is 1120. The monoisotopic (exact) mass is 464 g/mol. The van der Waals surface area contributed by atoms with E-state index in [1.807, 2.05) is 49.4 Å². The number of carbonyl (C=O) groups excluding carboxylic acids is 1. The molecule has 34 heavy (non-hydrogen) atoms. The predicted molar refractivity (Wildman–Crippen MR) is 130 cm³/mol. The van der Waals surface area contributed by atoms with Crippen molar-refractivity contribution in [2.45, 2.75) is 59.1 Å². The van der Waals surface area contributed by atoms with Crippen molar-refractivity contribution in [2.24, 2.45) is 0 Å². The lowest BCUT2D eigenvalue weighted by Gasteiger charge is -2.13. The van der Waals surface area contributed by atoms with Gasteiger partial charge in [0.1, 0.15) is 5.82 Å². The maximum Gasteiger partial charge on any atom is 0.354 e. The minimum Gasteiger partial charge on any atom is -0.477 e. The van der Waals surface area contributed by atoms with Gasteiger partial charge in [-0.1, -0.05) is 69.2 Å². The van der Waals surface area contributed by atoms with Crippen LogP contribution in [0, 0.1) is 0 Å². The maximum absolute atomic E-state index is 12.6. The molecule has 7 heteroatoms. The van der Waals surface area contributed by atoms with E-state index in [1.54, 1.807) is 10.6 Å². The molecule has 0 amide bonds. The van der Waals surface area contributed by atoms with Crippen LogP contribution in [0.5, 0.6) is 0 Å². The third kappa shape index (κ3) is 5.91. The highest BCUT2D eigenvalue weighted by Gasteiger charge is 2.22. The Balaban J connectivity index is 1.88. The van der Waals surface area contributed by atoms with E-state index in [0.29, 0.717) is 31.0 Å². The van der Waals surface area contributed by atoms with E-state index in [1.165, 1.54) is 0 Å². The number of aliphatic hydroxyl groups excluding tert-OH is 1. The van der Waals surface area contributed by atoms with Gasteiger partial charge in [0, 0.05) is 13.0 Å². The average molecular weight is 465 g/mol. The first-order chi connectivity index (χ1) is 16.5. The van der Waals surface area contributed by atoms with Crippen molar-refractivity contribution in [2.75, 3.05) is 6.61 Å². The molecular weight excluding hydrogens is 432 g/mol. The van der Waals surface area contributed by atoms with Gasteiger partial charge in [-0.15, -0.1) is 0 Å². The second-order valence-corrected chi connectivity index (χ2v) is 8.21. The molecule has 1 aromatic heterocycles. The number of aromatic nitrogens is 2. The van der Waals surface area contributed by atoms with Crippen LogP contribution in [0.15, 0.2) is 48.5 Å². The number of aliphatic hydroxyl groups is 1. The molecule has 0 bridgehead atoms. The van der Waals surface area contributed by atoms with E-state index >= 15 is 0 Å². The highest BCUT2D eigenvalue weighted by atomic mass is 16.5. The SMILES string of the molecule is CCCCOC(=O)c1ccccc1-c1ccc(Cn2c(CCCC)nc(CO)c2C(=O)O)cc1. The van der Waals surface area contributed by atoms with E-state index in [0.717, 1.165) is 42.4 Å². The molecule has 1 heterocycles. The van der Waals surface area contributed by atoms with Crippen LogP contribution in [0.2, 0.25) is 0 Å². The lowest BCUT2D eigenvalue weighted by Crippen LogP contribution is -2.14. The molecule has 2 N–H and O–H groups in total. The number of ether oxygens (including phenoxy) is 1. The molecule has 0 saturated carbocycles. The van der Waals surface area contributed by atoms with Crippen molar-refractivity contribution in [3.8, 4) is 11.1 Å². The fourth-order valence-electron chi connectivity index (χ4n) is 3.87. The number of carboxylic acids is 1. The summed E-state index contributed by atoms with van der Waals surface area (Å²) >= 11 is 0. The number of imidazole rings is 1. The minimum atomic E-state index is -1.11. The Morgan fingerprint density at radius 3 is 2.35 bits per heavy atom. The van der Waals surface area contributed by atoms with Gasteiger partial charge in [0.2, 0.25) is 0 Å². The highest BCUT2D eigenvalue weighted by Crippen LogP contribution is 2.26. The molecule has 0 fully saturated rings. The van der Waals surface area contributed by atoms with Crippen LogP contribution in [0.3, 0.4) is 0 Å². The van der Waals surface area contributed by atoms with Crippen molar-refractivity contribution in [3.05, 3.63) is 76.9 Å². The molecule has 0 aliphatic carbocycles. The Hall–Kier alpha value is -3.45. The first-order valence-electron chi connectivity index (χ1n) is 11.8. The molecule has 3 rings (SSSR count). The van der Waals surface area contributed by atoms with Crippen LogP contribution < -0.4 is 0 Å². The molecule has 3 aromatic rings. The van der Waals surface area contributed by atoms with Gasteiger partial charge < -0.3 is 19.5 Å². The summed E-state index contributed by atoms with van der Waals surface area (Å²) in [5.74, 6) is -0.784. The van der Waals surface area contributed by atoms with Gasteiger partial charge in [-0.05, 0) is 35.6 Å². The van der Waals surface area contributed by atoms with Crippen molar-refractivity contribution >= 4 is 11.9 Å². The quantitative estimate of drug-likeness (QED) is 0.286. The summed E-state index contributed by atoms with van der Waals surface area (Å²) in [5.41, 5.74) is 3.29. The molecule has 0 aliphatic heterocycles. The molecule has 0 spiro atoms. The topological polar surface area (TPSA) is 102 Å². The number of rotatable bonds is 12. The molecule has 0 saturated heterocycles. The van der Waals surface area contributed by atoms with E-state index in [9.17, 15) is 19.8 Å². The summed E-state index contributed by atoms with van der Waals surface area (Å²) in [6, 6.07) is 15.0. The molecular formula is C27H32N2O5. The number of carbonyl (C=O) groups is 2. The number of carboxylic acid groups (broad SMARTS) is 1. The summed E-state index contributed by atoms with van der Waals surface area (Å²) in [6.07, 6.45) is 4.26. The van der Waals surface area contributed by atoms with Gasteiger partial charge >= 0.3 is 11.9 Å². The third-order valence-electron chi connectivity index (χ3n) is 5.71. The number of unbranched alkanes of at least 4 members (excludes halogenated alkanes) is 2. The van der Waals surface area contributed by atoms with E-state index in [2.05, 4.69) is 11.9 Å². The number of nitrogens with zero attached hydrogens (tertiary/aromatic N) is 2. The summed E-state index contributed by atoms with van der Waals surface area (Å²) in [5, 5.41) is 19.4. The number of hydrogen-bond donors (Lipinski definition) is 2. The van der Waals surface area contributed by atoms with Crippen molar-refractivity contribution < 1.29 is 24.5 Å². The van der Waals surface area contributed by atoms with Crippen molar-refractivity contribution in [3.63, 3.8) is 0 Å². The largest absolute Gasteiger partial charge is 0.477 e. The molecule has 2 aromatic carbocycles. The van der Waals surface area contributed by atoms with E-state index < -0.39 is 12.6 Å². The first-order valence-corrected chi connectivity index (χ1v) is 11.8. The van der Waals surface area contributed by atoms with Gasteiger partial charge in [0.05, 0.1) is 24.5 Å². The van der Waals surface area contributed by atoms with Crippen LogP contribution in [-0.4, -0.2) is 38.3 Å². The number of aryl methyl sites for hydroxylation is 1. The van der Waals surface area contributed by atoms with Gasteiger partial charge in [-0.2, -0.15) is 0 Å². The zero-order valence-corrected chi connectivity index (χ0v) is 19.8. The van der Waals surface area contributed by atoms with Gasteiger partial charge in [0.15, 0.2) is 5.69 Å². The first kappa shape index (κ1) is 25.2. The van der Waals surface area contributed by atoms with Crippen LogP contribution in [0.25, 0.3) is 11.1 Å². The highest BCUT2D eigenvalue weighted by molar-refractivity contribution is 5.97. The number of aromatic carboxylic acids is 1. The second-order valence-electron chi connectivity index (χ2n) is 8.21. The zero-order valence-electron chi connectivity index (χ0n) is 19.8. The zero-order chi connectivity index (χ0) is 24.5. The fourth-order valence-corrected chi connectivity index (χ4v) is 3.87. The van der Waals surface area contributed by atoms with Crippen LogP contribution in [-0.2, 0) is 24.3 Å². The van der Waals surface area contributed by atoms with Gasteiger partial charge in [0.25, 0.3) is 0 Å². The smallest absolute Gasteiger partial charge is 0.354 e. The Morgan fingerprint density at radius 1 is 1.00 bits per heavy atom. The summed E-state index contributed by atoms with van der Waals surface area (Å²) in [4.78, 5) is 28.9. The summed E-state index contributed by atoms with van der Waals surface area (Å²) < 4.78 is 7.08. The number of benzene rings is 2. The van der Waals surface area contributed by atoms with Gasteiger partial charge in [-0.3, -0.25) is 0 Å². The normalized spacial score (nSPS) is 10.9. The summed E-state index contributed by atoms with van der Waals surface area (Å²) in [7, 11) is 0. The molecule has 0 radical (unpaired) electrons. The molecule has 0 aliphatic rings. The Kier molecular flexibility index (Phi) is 8.99. The van der Waals surface area contributed by atoms with Gasteiger partial charge in [-0.25, -0.2) is 14.6 Å². The van der Waals surface area contributed by atoms with E-state index in [4.69, 9.17) is 4.74 Å². The maximum atomic E-state index is 12.6. The number of esters is 1. The molecule has 180 valence electrons. The Labute approximate surface area is 200 Å². The lowest BCUT2D eigenvalue weighted by molar-refractivity contribution is 0.0500. The average Bonchev–Trinajstić information content (AvgIpc) is 3.20. The standard InChI is InChI=1S/C27H32N2O5/c1-3-5-11-24-28-23(18-30)25(26(31)32)29(24)17-19-12-14-20(15-13-19)21-9-7-8-10-22(21)27(33)34-16-6-4-2/h7-10,12-15,30H,3-6,11,16-18H2,1-2H3,(H,31,32). The van der Waals surface area contributed by atoms with Crippen molar-refractivity contribution in [1.29, 1.82) is 0 Å². The molecule has 0 unspecified atom stereocenters. The Morgan fingerprint density at radius 2 is 1.71 bits per heavy atom. The fraction of sp³-hybridized carbons (Fsp3) is 0.370. The molecule has 7 nitrogen and oxygen atoms in total.